The molecule has 1 unspecified atom stereocenters. The van der Waals surface area contributed by atoms with Gasteiger partial charge in [-0.3, -0.25) is 14.4 Å². The minimum Gasteiger partial charge on any atom is -0.462 e. The Balaban J connectivity index is 3.95. The minimum absolute atomic E-state index is 0.0672. The van der Waals surface area contributed by atoms with Crippen molar-refractivity contribution < 1.29 is 28.6 Å². The van der Waals surface area contributed by atoms with Gasteiger partial charge in [-0.05, 0) is 57.8 Å². The highest BCUT2D eigenvalue weighted by Crippen LogP contribution is 2.17. The first kappa shape index (κ1) is 65.6. The van der Waals surface area contributed by atoms with Crippen molar-refractivity contribution in [1.29, 1.82) is 0 Å². The van der Waals surface area contributed by atoms with Crippen LogP contribution in [0.4, 0.5) is 0 Å². The molecule has 0 fully saturated rings. The van der Waals surface area contributed by atoms with Crippen LogP contribution in [0.3, 0.4) is 0 Å². The fourth-order valence-electron chi connectivity index (χ4n) is 8.86. The largest absolute Gasteiger partial charge is 0.462 e. The second kappa shape index (κ2) is 57.2. The summed E-state index contributed by atoms with van der Waals surface area (Å²) in [7, 11) is 0. The van der Waals surface area contributed by atoms with Crippen LogP contribution in [0.2, 0.25) is 0 Å². The molecule has 0 saturated heterocycles. The molecule has 1 atom stereocenters. The van der Waals surface area contributed by atoms with Gasteiger partial charge in [0.25, 0.3) is 0 Å². The Labute approximate surface area is 423 Å². The number of hydrogen-bond acceptors (Lipinski definition) is 6. The van der Waals surface area contributed by atoms with Gasteiger partial charge >= 0.3 is 17.9 Å². The van der Waals surface area contributed by atoms with E-state index in [2.05, 4.69) is 57.2 Å². The molecule has 0 bridgehead atoms. The number of unbranched alkanes of at least 4 members (excludes halogenated alkanes) is 38. The standard InChI is InChI=1S/C62H114O6/c1-4-7-10-13-16-18-20-22-23-24-25-26-27-28-29-30-31-32-33-34-35-36-37-38-39-41-42-44-46-49-52-55-61(64)67-58-59(57-66-60(63)54-51-48-15-12-9-6-3)68-62(65)56-53-50-47-45-43-40-21-19-17-14-11-8-5-2/h20,22,24-25,27-28,59H,4-19,21,23,26,29-58H2,1-3H3/b22-20-,25-24-,28-27-. The summed E-state index contributed by atoms with van der Waals surface area (Å²) in [5.74, 6) is -0.861. The highest BCUT2D eigenvalue weighted by molar-refractivity contribution is 5.71. The van der Waals surface area contributed by atoms with Crippen molar-refractivity contribution >= 4 is 17.9 Å². The normalized spacial score (nSPS) is 12.2. The number of esters is 3. The van der Waals surface area contributed by atoms with E-state index in [-0.39, 0.29) is 31.1 Å². The number of allylic oxidation sites excluding steroid dienone is 6. The third kappa shape index (κ3) is 54.6. The van der Waals surface area contributed by atoms with E-state index in [9.17, 15) is 14.4 Å². The molecule has 0 aliphatic heterocycles. The zero-order chi connectivity index (χ0) is 49.3. The average Bonchev–Trinajstić information content (AvgIpc) is 3.34. The van der Waals surface area contributed by atoms with Gasteiger partial charge in [-0.2, -0.15) is 0 Å². The SMILES string of the molecule is CCCCCCC/C=C\C/C=C\C/C=C\CCCCCCCCCCCCCCCCCCC(=O)OCC(COC(=O)CCCCCCCC)OC(=O)CCCCCCCCCCCCCCC. The zero-order valence-electron chi connectivity index (χ0n) is 45.6. The Bertz CT molecular complexity index is 1140. The Morgan fingerprint density at radius 1 is 0.294 bits per heavy atom. The number of hydrogen-bond donors (Lipinski definition) is 0. The maximum absolute atomic E-state index is 12.8. The van der Waals surface area contributed by atoms with Crippen LogP contribution in [0.15, 0.2) is 36.5 Å². The van der Waals surface area contributed by atoms with Crippen LogP contribution >= 0.6 is 0 Å². The van der Waals surface area contributed by atoms with Crippen molar-refractivity contribution in [2.75, 3.05) is 13.2 Å². The smallest absolute Gasteiger partial charge is 0.306 e. The summed E-state index contributed by atoms with van der Waals surface area (Å²) in [5.41, 5.74) is 0. The molecule has 0 aliphatic rings. The van der Waals surface area contributed by atoms with Gasteiger partial charge in [0, 0.05) is 19.3 Å². The predicted molar refractivity (Wildman–Crippen MR) is 293 cm³/mol. The molecule has 0 aliphatic carbocycles. The average molecular weight is 956 g/mol. The van der Waals surface area contributed by atoms with Gasteiger partial charge in [-0.15, -0.1) is 0 Å². The van der Waals surface area contributed by atoms with E-state index in [1.165, 1.54) is 212 Å². The van der Waals surface area contributed by atoms with Crippen LogP contribution < -0.4 is 0 Å². The van der Waals surface area contributed by atoms with Crippen molar-refractivity contribution in [3.05, 3.63) is 36.5 Å². The highest BCUT2D eigenvalue weighted by Gasteiger charge is 2.19. The Morgan fingerprint density at radius 2 is 0.529 bits per heavy atom. The molecule has 0 radical (unpaired) electrons. The van der Waals surface area contributed by atoms with Crippen molar-refractivity contribution in [2.24, 2.45) is 0 Å². The van der Waals surface area contributed by atoms with Gasteiger partial charge in [-0.25, -0.2) is 0 Å². The monoisotopic (exact) mass is 955 g/mol. The quantitative estimate of drug-likeness (QED) is 0.0262. The highest BCUT2D eigenvalue weighted by atomic mass is 16.6. The van der Waals surface area contributed by atoms with Gasteiger partial charge in [0.1, 0.15) is 13.2 Å². The molecule has 0 spiro atoms. The second-order valence-corrected chi connectivity index (χ2v) is 20.3. The Hall–Kier alpha value is -2.37. The molecule has 6 nitrogen and oxygen atoms in total. The Morgan fingerprint density at radius 3 is 0.824 bits per heavy atom. The van der Waals surface area contributed by atoms with Gasteiger partial charge in [0.2, 0.25) is 0 Å². The van der Waals surface area contributed by atoms with E-state index in [4.69, 9.17) is 14.2 Å². The van der Waals surface area contributed by atoms with E-state index in [0.29, 0.717) is 19.3 Å². The maximum Gasteiger partial charge on any atom is 0.306 e. The summed E-state index contributed by atoms with van der Waals surface area (Å²) in [4.78, 5) is 37.8. The van der Waals surface area contributed by atoms with Gasteiger partial charge in [0.15, 0.2) is 6.10 Å². The third-order valence-electron chi connectivity index (χ3n) is 13.4. The van der Waals surface area contributed by atoms with E-state index < -0.39 is 6.10 Å². The van der Waals surface area contributed by atoms with Crippen LogP contribution in [-0.2, 0) is 28.6 Å². The number of carbonyl (C=O) groups excluding carboxylic acids is 3. The maximum atomic E-state index is 12.8. The van der Waals surface area contributed by atoms with Crippen LogP contribution in [0, 0.1) is 0 Å². The lowest BCUT2D eigenvalue weighted by molar-refractivity contribution is -0.167. The van der Waals surface area contributed by atoms with E-state index in [1.807, 2.05) is 0 Å². The molecule has 0 aromatic rings. The molecule has 0 aromatic heterocycles. The first-order valence-electron chi connectivity index (χ1n) is 30.0. The lowest BCUT2D eigenvalue weighted by atomic mass is 10.0. The molecule has 0 aromatic carbocycles. The van der Waals surface area contributed by atoms with Gasteiger partial charge < -0.3 is 14.2 Å². The van der Waals surface area contributed by atoms with Crippen LogP contribution in [0.25, 0.3) is 0 Å². The summed E-state index contributed by atoms with van der Waals surface area (Å²) in [6.07, 6.45) is 69.0. The molecular weight excluding hydrogens is 841 g/mol. The molecule has 0 saturated carbocycles. The van der Waals surface area contributed by atoms with Crippen molar-refractivity contribution in [3.63, 3.8) is 0 Å². The second-order valence-electron chi connectivity index (χ2n) is 20.3. The van der Waals surface area contributed by atoms with Crippen molar-refractivity contribution in [1.82, 2.24) is 0 Å². The molecule has 6 heteroatoms. The lowest BCUT2D eigenvalue weighted by Crippen LogP contribution is -2.30. The number of rotatable bonds is 55. The summed E-state index contributed by atoms with van der Waals surface area (Å²) in [6, 6.07) is 0. The van der Waals surface area contributed by atoms with Crippen molar-refractivity contribution in [3.8, 4) is 0 Å². The summed E-state index contributed by atoms with van der Waals surface area (Å²) in [5, 5.41) is 0. The topological polar surface area (TPSA) is 78.9 Å². The van der Waals surface area contributed by atoms with Crippen LogP contribution in [0.1, 0.15) is 323 Å². The molecule has 398 valence electrons. The van der Waals surface area contributed by atoms with Gasteiger partial charge in [-0.1, -0.05) is 282 Å². The summed E-state index contributed by atoms with van der Waals surface area (Å²) >= 11 is 0. The molecular formula is C62H114O6. The van der Waals surface area contributed by atoms with Crippen LogP contribution in [0.5, 0.6) is 0 Å². The molecule has 0 heterocycles. The summed E-state index contributed by atoms with van der Waals surface area (Å²) < 4.78 is 16.8. The lowest BCUT2D eigenvalue weighted by Gasteiger charge is -2.18. The van der Waals surface area contributed by atoms with E-state index >= 15 is 0 Å². The first-order chi connectivity index (χ1) is 33.5. The fraction of sp³-hybridized carbons (Fsp3) is 0.855. The predicted octanol–water partition coefficient (Wildman–Crippen LogP) is 20.0. The van der Waals surface area contributed by atoms with Gasteiger partial charge in [0.05, 0.1) is 0 Å². The third-order valence-corrected chi connectivity index (χ3v) is 13.4. The van der Waals surface area contributed by atoms with E-state index in [1.54, 1.807) is 0 Å². The molecule has 68 heavy (non-hydrogen) atoms. The Kier molecular flexibility index (Phi) is 55.2. The van der Waals surface area contributed by atoms with Crippen molar-refractivity contribution in [2.45, 2.75) is 329 Å². The summed E-state index contributed by atoms with van der Waals surface area (Å²) in [6.45, 7) is 6.60. The number of ether oxygens (including phenoxy) is 3. The van der Waals surface area contributed by atoms with E-state index in [0.717, 1.165) is 70.6 Å². The number of carbonyl (C=O) groups is 3. The zero-order valence-corrected chi connectivity index (χ0v) is 45.6. The minimum atomic E-state index is -0.763. The first-order valence-corrected chi connectivity index (χ1v) is 30.0. The molecule has 0 amide bonds. The molecule has 0 N–H and O–H groups in total. The fourth-order valence-corrected chi connectivity index (χ4v) is 8.86. The molecule has 0 rings (SSSR count). The van der Waals surface area contributed by atoms with Crippen LogP contribution in [-0.4, -0.2) is 37.2 Å².